The summed E-state index contributed by atoms with van der Waals surface area (Å²) in [5, 5.41) is 2.76. The smallest absolute Gasteiger partial charge is 0.410 e. The van der Waals surface area contributed by atoms with Crippen molar-refractivity contribution in [1.82, 2.24) is 10.2 Å². The van der Waals surface area contributed by atoms with E-state index < -0.39 is 11.7 Å². The maximum atomic E-state index is 11.9. The number of piperidine rings is 1. The molecule has 0 aromatic heterocycles. The van der Waals surface area contributed by atoms with Gasteiger partial charge in [-0.2, -0.15) is 0 Å². The summed E-state index contributed by atoms with van der Waals surface area (Å²) in [6, 6.07) is -0.0208. The number of likely N-dealkylation sites (tertiary alicyclic amines) is 1. The Morgan fingerprint density at radius 2 is 2.22 bits per heavy atom. The van der Waals surface area contributed by atoms with Gasteiger partial charge in [0.25, 0.3) is 0 Å². The van der Waals surface area contributed by atoms with Crippen LogP contribution in [0.25, 0.3) is 0 Å². The van der Waals surface area contributed by atoms with E-state index in [1.807, 2.05) is 20.8 Å². The maximum Gasteiger partial charge on any atom is 0.410 e. The molecule has 1 N–H and O–H groups in total. The fraction of sp³-hybridized carbons (Fsp3) is 0.833. The number of fused-ring (bicyclic) bond motifs is 1. The molecular formula is C12H20N2O4. The molecule has 6 nitrogen and oxygen atoms in total. The molecule has 6 heteroatoms. The maximum absolute atomic E-state index is 11.9. The van der Waals surface area contributed by atoms with Crippen molar-refractivity contribution in [2.45, 2.75) is 38.8 Å². The van der Waals surface area contributed by atoms with E-state index in [2.05, 4.69) is 5.32 Å². The second-order valence-electron chi connectivity index (χ2n) is 5.82. The summed E-state index contributed by atoms with van der Waals surface area (Å²) < 4.78 is 10.3. The van der Waals surface area contributed by atoms with Gasteiger partial charge in [-0.15, -0.1) is 0 Å². The second-order valence-corrected chi connectivity index (χ2v) is 5.82. The highest BCUT2D eigenvalue weighted by atomic mass is 16.6. The van der Waals surface area contributed by atoms with Gasteiger partial charge in [-0.25, -0.2) is 9.59 Å². The Balaban J connectivity index is 1.93. The van der Waals surface area contributed by atoms with Crippen LogP contribution in [0.1, 0.15) is 27.2 Å². The fourth-order valence-electron chi connectivity index (χ4n) is 2.23. The van der Waals surface area contributed by atoms with Crippen LogP contribution in [0.5, 0.6) is 0 Å². The zero-order valence-electron chi connectivity index (χ0n) is 11.1. The van der Waals surface area contributed by atoms with E-state index in [9.17, 15) is 9.59 Å². The van der Waals surface area contributed by atoms with Gasteiger partial charge in [0.15, 0.2) is 0 Å². The molecule has 102 valence electrons. The van der Waals surface area contributed by atoms with Crippen LogP contribution in [0.4, 0.5) is 9.59 Å². The minimum absolute atomic E-state index is 0.0208. The van der Waals surface area contributed by atoms with E-state index in [0.717, 1.165) is 6.42 Å². The SMILES string of the molecule is CC(C)(C)OC(=O)N1CC[C@H]2COC(=O)N[C@H]2C1. The van der Waals surface area contributed by atoms with Crippen molar-refractivity contribution in [3.8, 4) is 0 Å². The number of hydrogen-bond donors (Lipinski definition) is 1. The number of alkyl carbamates (subject to hydrolysis) is 1. The zero-order chi connectivity index (χ0) is 13.3. The highest BCUT2D eigenvalue weighted by Crippen LogP contribution is 2.22. The molecule has 0 bridgehead atoms. The van der Waals surface area contributed by atoms with Crippen LogP contribution >= 0.6 is 0 Å². The Hall–Kier alpha value is -1.46. The number of amides is 2. The fourth-order valence-corrected chi connectivity index (χ4v) is 2.23. The molecule has 2 amide bonds. The lowest BCUT2D eigenvalue weighted by atomic mass is 9.92. The Bertz CT molecular complexity index is 350. The Morgan fingerprint density at radius 3 is 2.89 bits per heavy atom. The summed E-state index contributed by atoms with van der Waals surface area (Å²) in [6.07, 6.45) is 0.105. The van der Waals surface area contributed by atoms with E-state index in [1.165, 1.54) is 0 Å². The first-order chi connectivity index (χ1) is 8.35. The number of hydrogen-bond acceptors (Lipinski definition) is 4. The van der Waals surface area contributed by atoms with Crippen LogP contribution in [0.3, 0.4) is 0 Å². The predicted molar refractivity (Wildman–Crippen MR) is 64.2 cm³/mol. The molecule has 0 aromatic rings. The minimum atomic E-state index is -0.493. The van der Waals surface area contributed by atoms with Gasteiger partial charge in [-0.1, -0.05) is 0 Å². The van der Waals surface area contributed by atoms with E-state index in [0.29, 0.717) is 25.6 Å². The number of carbonyl (C=O) groups excluding carboxylic acids is 2. The van der Waals surface area contributed by atoms with Crippen molar-refractivity contribution in [3.63, 3.8) is 0 Å². The molecule has 0 spiro atoms. The summed E-state index contributed by atoms with van der Waals surface area (Å²) in [4.78, 5) is 24.7. The van der Waals surface area contributed by atoms with Gasteiger partial charge in [-0.05, 0) is 27.2 Å². The third-order valence-electron chi connectivity index (χ3n) is 3.14. The number of ether oxygens (including phenoxy) is 2. The third-order valence-corrected chi connectivity index (χ3v) is 3.14. The quantitative estimate of drug-likeness (QED) is 0.710. The monoisotopic (exact) mass is 256 g/mol. The minimum Gasteiger partial charge on any atom is -0.449 e. The summed E-state index contributed by atoms with van der Waals surface area (Å²) in [5.41, 5.74) is -0.493. The lowest BCUT2D eigenvalue weighted by molar-refractivity contribution is 0.000804. The van der Waals surface area contributed by atoms with E-state index in [-0.39, 0.29) is 12.1 Å². The second kappa shape index (κ2) is 4.66. The van der Waals surface area contributed by atoms with Gasteiger partial charge in [0.2, 0.25) is 0 Å². The molecule has 2 atom stereocenters. The van der Waals surface area contributed by atoms with Crippen molar-refractivity contribution in [2.75, 3.05) is 19.7 Å². The molecule has 2 aliphatic heterocycles. The van der Waals surface area contributed by atoms with Gasteiger partial charge in [0.05, 0.1) is 12.6 Å². The van der Waals surface area contributed by atoms with Crippen LogP contribution in [0.2, 0.25) is 0 Å². The number of cyclic esters (lactones) is 1. The molecule has 0 aromatic carbocycles. The lowest BCUT2D eigenvalue weighted by Crippen LogP contribution is -2.58. The molecule has 2 rings (SSSR count). The molecule has 2 heterocycles. The molecule has 0 saturated carbocycles. The highest BCUT2D eigenvalue weighted by Gasteiger charge is 2.37. The first kappa shape index (κ1) is 13.0. The molecule has 2 aliphatic rings. The topological polar surface area (TPSA) is 67.9 Å². The summed E-state index contributed by atoms with van der Waals surface area (Å²) in [7, 11) is 0. The van der Waals surface area contributed by atoms with Gasteiger partial charge >= 0.3 is 12.2 Å². The predicted octanol–water partition coefficient (Wildman–Crippen LogP) is 1.35. The van der Waals surface area contributed by atoms with Gasteiger partial charge in [0.1, 0.15) is 5.60 Å². The largest absolute Gasteiger partial charge is 0.449 e. The van der Waals surface area contributed by atoms with Crippen LogP contribution < -0.4 is 5.32 Å². The Labute approximate surface area is 107 Å². The van der Waals surface area contributed by atoms with Crippen molar-refractivity contribution < 1.29 is 19.1 Å². The highest BCUT2D eigenvalue weighted by molar-refractivity contribution is 5.70. The normalized spacial score (nSPS) is 27.9. The summed E-state index contributed by atoms with van der Waals surface area (Å²) in [6.45, 7) is 7.11. The summed E-state index contributed by atoms with van der Waals surface area (Å²) in [5.74, 6) is 0.293. The molecule has 0 aliphatic carbocycles. The number of nitrogens with zero attached hydrogens (tertiary/aromatic N) is 1. The number of nitrogens with one attached hydrogen (secondary N) is 1. The van der Waals surface area contributed by atoms with Crippen LogP contribution in [-0.4, -0.2) is 48.4 Å². The molecule has 2 saturated heterocycles. The van der Waals surface area contributed by atoms with Crippen LogP contribution in [-0.2, 0) is 9.47 Å². The average molecular weight is 256 g/mol. The van der Waals surface area contributed by atoms with Crippen molar-refractivity contribution in [1.29, 1.82) is 0 Å². The number of carbonyl (C=O) groups is 2. The standard InChI is InChI=1S/C12H20N2O4/c1-12(2,3)18-11(16)14-5-4-8-7-17-10(15)13-9(8)6-14/h8-9H,4-7H2,1-3H3,(H,13,15)/t8-,9-/m0/s1. The van der Waals surface area contributed by atoms with Gasteiger partial charge in [0, 0.05) is 19.0 Å². The first-order valence-corrected chi connectivity index (χ1v) is 6.26. The average Bonchev–Trinajstić information content (AvgIpc) is 2.25. The van der Waals surface area contributed by atoms with E-state index >= 15 is 0 Å². The van der Waals surface area contributed by atoms with Crippen molar-refractivity contribution in [2.24, 2.45) is 5.92 Å². The Morgan fingerprint density at radius 1 is 1.50 bits per heavy atom. The molecule has 18 heavy (non-hydrogen) atoms. The molecule has 2 fully saturated rings. The van der Waals surface area contributed by atoms with Crippen LogP contribution in [0.15, 0.2) is 0 Å². The molecule has 0 radical (unpaired) electrons. The van der Waals surface area contributed by atoms with E-state index in [4.69, 9.17) is 9.47 Å². The van der Waals surface area contributed by atoms with Crippen LogP contribution in [0, 0.1) is 5.92 Å². The van der Waals surface area contributed by atoms with Crippen molar-refractivity contribution in [3.05, 3.63) is 0 Å². The van der Waals surface area contributed by atoms with Gasteiger partial charge in [-0.3, -0.25) is 0 Å². The van der Waals surface area contributed by atoms with Gasteiger partial charge < -0.3 is 19.7 Å². The first-order valence-electron chi connectivity index (χ1n) is 6.26. The third kappa shape index (κ3) is 3.05. The Kier molecular flexibility index (Phi) is 3.36. The summed E-state index contributed by atoms with van der Waals surface area (Å²) >= 11 is 0. The lowest BCUT2D eigenvalue weighted by Gasteiger charge is -2.41. The molecular weight excluding hydrogens is 236 g/mol. The molecule has 0 unspecified atom stereocenters. The number of rotatable bonds is 0. The zero-order valence-corrected chi connectivity index (χ0v) is 11.1. The van der Waals surface area contributed by atoms with E-state index in [1.54, 1.807) is 4.90 Å². The van der Waals surface area contributed by atoms with Crippen molar-refractivity contribution >= 4 is 12.2 Å².